The van der Waals surface area contributed by atoms with Gasteiger partial charge in [-0.25, -0.2) is 0 Å². The van der Waals surface area contributed by atoms with Crippen molar-refractivity contribution in [2.75, 3.05) is 42.3 Å². The van der Waals surface area contributed by atoms with Gasteiger partial charge in [0.25, 0.3) is 0 Å². The van der Waals surface area contributed by atoms with Crippen LogP contribution in [0.1, 0.15) is 0 Å². The minimum atomic E-state index is -0.596. The fourth-order valence-corrected chi connectivity index (χ4v) is 3.60. The second-order valence-electron chi connectivity index (χ2n) is 2.98. The van der Waals surface area contributed by atoms with E-state index in [-0.39, 0.29) is 17.1 Å². The Labute approximate surface area is 127 Å². The van der Waals surface area contributed by atoms with Crippen LogP contribution in [0.3, 0.4) is 0 Å². The molecule has 0 fully saturated rings. The van der Waals surface area contributed by atoms with Gasteiger partial charge in [-0.1, -0.05) is 0 Å². The Balaban J connectivity index is -0.0000000401. The molecular weight excluding hydrogens is 313 g/mol. The maximum atomic E-state index is 7.50. The molecule has 0 aromatic carbocycles. The van der Waals surface area contributed by atoms with E-state index in [4.69, 9.17) is 18.6 Å². The van der Waals surface area contributed by atoms with Crippen LogP contribution in [-0.4, -0.2) is 56.3 Å². The SMILES string of the molecule is CN(C)[PH+](N(C)C)N(C)C.[C-]#[O+].[C-]#[O+].[C-]#[O+].[C-]#[O+].[Fe]. The first-order chi connectivity index (χ1) is 8.46. The van der Waals surface area contributed by atoms with Crippen molar-refractivity contribution in [2.45, 2.75) is 0 Å². The summed E-state index contributed by atoms with van der Waals surface area (Å²) in [6.45, 7) is 18.0. The van der Waals surface area contributed by atoms with E-state index in [9.17, 15) is 0 Å². The van der Waals surface area contributed by atoms with Crippen molar-refractivity contribution in [3.63, 3.8) is 0 Å². The molecule has 0 saturated carbocycles. The minimum Gasteiger partial charge on any atom is 0 e. The Kier molecular flexibility index (Phi) is 69.0. The minimum absolute atomic E-state index is 0. The van der Waals surface area contributed by atoms with Gasteiger partial charge < -0.3 is 0 Å². The van der Waals surface area contributed by atoms with E-state index < -0.39 is 8.37 Å². The molecule has 0 spiro atoms. The molecule has 7 nitrogen and oxygen atoms in total. The first-order valence-corrected chi connectivity index (χ1v) is 5.51. The quantitative estimate of drug-likeness (QED) is 0.326. The van der Waals surface area contributed by atoms with Crippen molar-refractivity contribution >= 4 is 8.37 Å². The van der Waals surface area contributed by atoms with Crippen molar-refractivity contribution in [3.05, 3.63) is 26.6 Å². The molecule has 9 heteroatoms. The van der Waals surface area contributed by atoms with Gasteiger partial charge in [0.1, 0.15) is 0 Å². The fraction of sp³-hybridized carbons (Fsp3) is 0.600. The summed E-state index contributed by atoms with van der Waals surface area (Å²) in [7, 11) is 12.1. The number of nitrogens with zero attached hydrogens (tertiary/aromatic N) is 3. The van der Waals surface area contributed by atoms with Crippen molar-refractivity contribution < 1.29 is 35.7 Å². The van der Waals surface area contributed by atoms with Gasteiger partial charge in [0.2, 0.25) is 8.37 Å². The molecule has 19 heavy (non-hydrogen) atoms. The zero-order valence-electron chi connectivity index (χ0n) is 11.8. The molecule has 0 rings (SSSR count). The molecule has 0 aliphatic heterocycles. The zero-order chi connectivity index (χ0) is 16.3. The molecule has 0 heterocycles. The predicted octanol–water partition coefficient (Wildman–Crippen LogP) is 0.478. The van der Waals surface area contributed by atoms with Gasteiger partial charge in [-0.2, -0.15) is 14.0 Å². The summed E-state index contributed by atoms with van der Waals surface area (Å²) in [5.74, 6) is 0. The monoisotopic (exact) mass is 332 g/mol. The maximum Gasteiger partial charge on any atom is 0 e. The molecule has 0 N–H and O–H groups in total. The van der Waals surface area contributed by atoms with Crippen LogP contribution in [-0.2, 0) is 35.7 Å². The summed E-state index contributed by atoms with van der Waals surface area (Å²) < 4.78 is 36.8. The second kappa shape index (κ2) is 36.1. The van der Waals surface area contributed by atoms with E-state index in [1.807, 2.05) is 0 Å². The van der Waals surface area contributed by atoms with Crippen molar-refractivity contribution in [1.82, 2.24) is 14.0 Å². The first-order valence-electron chi connectivity index (χ1n) is 4.17. The maximum absolute atomic E-state index is 7.50. The molecule has 0 bridgehead atoms. The third kappa shape index (κ3) is 31.9. The molecule has 0 amide bonds. The Morgan fingerprint density at radius 2 is 0.632 bits per heavy atom. The number of hydrogen-bond donors (Lipinski definition) is 0. The van der Waals surface area contributed by atoms with Gasteiger partial charge in [-0.15, -0.1) is 0 Å². The van der Waals surface area contributed by atoms with Crippen LogP contribution in [0.15, 0.2) is 0 Å². The standard InChI is InChI=1S/C6H18N3P.4CO.Fe/c1-7(2)10(8(3)4)9(5)6;4*1-2;/h1-6H3;;;;;/p+1. The van der Waals surface area contributed by atoms with Gasteiger partial charge in [0.05, 0.1) is 0 Å². The Bertz CT molecular complexity index is 187. The Morgan fingerprint density at radius 3 is 0.632 bits per heavy atom. The first kappa shape index (κ1) is 36.4. The summed E-state index contributed by atoms with van der Waals surface area (Å²) in [5.41, 5.74) is 0. The molecule has 0 unspecified atom stereocenters. The third-order valence-electron chi connectivity index (χ3n) is 1.20. The summed E-state index contributed by atoms with van der Waals surface area (Å²) in [5, 5.41) is 0. The van der Waals surface area contributed by atoms with Crippen LogP contribution >= 0.6 is 8.37 Å². The van der Waals surface area contributed by atoms with E-state index in [0.29, 0.717) is 0 Å². The number of rotatable bonds is 3. The average molecular weight is 332 g/mol. The largest absolute Gasteiger partial charge is 0 e. The topological polar surface area (TPSA) is 89.3 Å². The van der Waals surface area contributed by atoms with Gasteiger partial charge in [-0.3, -0.25) is 0 Å². The van der Waals surface area contributed by atoms with E-state index in [0.717, 1.165) is 0 Å². The van der Waals surface area contributed by atoms with Crippen LogP contribution in [0, 0.1) is 26.6 Å². The molecular formula is C10H19FeN3O4P+. The van der Waals surface area contributed by atoms with E-state index in [1.54, 1.807) is 0 Å². The molecule has 0 radical (unpaired) electrons. The van der Waals surface area contributed by atoms with Gasteiger partial charge in [0.15, 0.2) is 0 Å². The Morgan fingerprint density at radius 1 is 0.526 bits per heavy atom. The van der Waals surface area contributed by atoms with E-state index in [1.165, 1.54) is 0 Å². The normalized spacial score (nSPS) is 7.05. The zero-order valence-corrected chi connectivity index (χ0v) is 13.9. The van der Waals surface area contributed by atoms with Crippen LogP contribution in [0.2, 0.25) is 0 Å². The second-order valence-corrected chi connectivity index (χ2v) is 6.27. The number of hydrogen-bond acceptors (Lipinski definition) is 3. The molecule has 0 aliphatic rings. The van der Waals surface area contributed by atoms with Crippen LogP contribution < -0.4 is 0 Å². The molecule has 110 valence electrons. The molecule has 0 atom stereocenters. The van der Waals surface area contributed by atoms with Crippen LogP contribution in [0.5, 0.6) is 0 Å². The van der Waals surface area contributed by atoms with E-state index >= 15 is 0 Å². The molecule has 0 aromatic heterocycles. The van der Waals surface area contributed by atoms with Crippen molar-refractivity contribution in [1.29, 1.82) is 0 Å². The molecule has 0 aliphatic carbocycles. The van der Waals surface area contributed by atoms with Gasteiger partial charge in [-0.05, 0) is 0 Å². The smallest absolute Gasteiger partial charge is 0 e. The Hall–Kier alpha value is -0.211. The molecule has 0 saturated heterocycles. The summed E-state index contributed by atoms with van der Waals surface area (Å²) >= 11 is 0. The van der Waals surface area contributed by atoms with Crippen molar-refractivity contribution in [2.24, 2.45) is 0 Å². The average Bonchev–Trinajstić information content (AvgIpc) is 2.37. The summed E-state index contributed by atoms with van der Waals surface area (Å²) in [4.78, 5) is 0. The summed E-state index contributed by atoms with van der Waals surface area (Å²) in [6, 6.07) is 0. The predicted molar refractivity (Wildman–Crippen MR) is 65.1 cm³/mol. The third-order valence-corrected chi connectivity index (χ3v) is 3.60. The fourth-order valence-electron chi connectivity index (χ4n) is 1.20. The van der Waals surface area contributed by atoms with Crippen LogP contribution in [0.25, 0.3) is 0 Å². The van der Waals surface area contributed by atoms with Gasteiger partial charge in [0, 0.05) is 59.4 Å². The van der Waals surface area contributed by atoms with E-state index in [2.05, 4.69) is 82.9 Å². The van der Waals surface area contributed by atoms with Crippen molar-refractivity contribution in [3.8, 4) is 0 Å². The molecule has 0 aromatic rings. The van der Waals surface area contributed by atoms with Crippen LogP contribution in [0.4, 0.5) is 0 Å². The van der Waals surface area contributed by atoms with Gasteiger partial charge >= 0.3 is 45.2 Å². The summed E-state index contributed by atoms with van der Waals surface area (Å²) in [6.07, 6.45) is 0.